The van der Waals surface area contributed by atoms with Crippen molar-refractivity contribution < 1.29 is 14.4 Å². The molecule has 0 saturated carbocycles. The van der Waals surface area contributed by atoms with Gasteiger partial charge in [0.25, 0.3) is 17.1 Å². The van der Waals surface area contributed by atoms with Crippen molar-refractivity contribution in [3.63, 3.8) is 0 Å². The second-order valence-electron chi connectivity index (χ2n) is 7.17. The Morgan fingerprint density at radius 1 is 1.10 bits per heavy atom. The minimum Gasteiger partial charge on any atom is -0.350 e. The molecule has 6 nitrogen and oxygen atoms in total. The van der Waals surface area contributed by atoms with Crippen LogP contribution in [0.5, 0.6) is 0 Å². The van der Waals surface area contributed by atoms with Crippen LogP contribution in [0.4, 0.5) is 4.79 Å². The van der Waals surface area contributed by atoms with Crippen molar-refractivity contribution in [1.82, 2.24) is 14.8 Å². The van der Waals surface area contributed by atoms with Gasteiger partial charge >= 0.3 is 0 Å². The van der Waals surface area contributed by atoms with E-state index in [-0.39, 0.29) is 30.1 Å². The molecule has 1 aromatic heterocycles. The number of hydrogen-bond acceptors (Lipinski definition) is 4. The van der Waals surface area contributed by atoms with Gasteiger partial charge in [-0.05, 0) is 36.4 Å². The lowest BCUT2D eigenvalue weighted by Gasteiger charge is -2.12. The summed E-state index contributed by atoms with van der Waals surface area (Å²) in [5.74, 6) is -0.557. The van der Waals surface area contributed by atoms with Gasteiger partial charge in [0.1, 0.15) is 0 Å². The summed E-state index contributed by atoms with van der Waals surface area (Å²) in [6.45, 7) is 2.31. The fourth-order valence-corrected chi connectivity index (χ4v) is 4.27. The van der Waals surface area contributed by atoms with Gasteiger partial charge in [0.05, 0.1) is 10.5 Å². The molecule has 0 unspecified atom stereocenters. The van der Waals surface area contributed by atoms with Crippen LogP contribution in [0.3, 0.4) is 0 Å². The van der Waals surface area contributed by atoms with E-state index in [1.54, 1.807) is 12.3 Å². The molecule has 0 bridgehead atoms. The lowest BCUT2D eigenvalue weighted by molar-refractivity contribution is -0.122. The van der Waals surface area contributed by atoms with E-state index in [2.05, 4.69) is 5.32 Å². The molecule has 30 heavy (non-hydrogen) atoms. The van der Waals surface area contributed by atoms with Gasteiger partial charge in [-0.3, -0.25) is 19.3 Å². The number of carbonyl (C=O) groups excluding carboxylic acids is 3. The Balaban J connectivity index is 1.40. The molecule has 0 aliphatic carbocycles. The van der Waals surface area contributed by atoms with E-state index in [1.807, 2.05) is 67.1 Å². The maximum absolute atomic E-state index is 12.6. The molecule has 2 heterocycles. The van der Waals surface area contributed by atoms with Crippen molar-refractivity contribution in [2.75, 3.05) is 13.1 Å². The first-order valence-corrected chi connectivity index (χ1v) is 10.4. The molecular formula is C23H21N3O3S. The summed E-state index contributed by atoms with van der Waals surface area (Å²) in [4.78, 5) is 39.1. The number of imide groups is 1. The van der Waals surface area contributed by atoms with Crippen LogP contribution in [0.2, 0.25) is 0 Å². The third-order valence-electron chi connectivity index (χ3n) is 5.01. The summed E-state index contributed by atoms with van der Waals surface area (Å²) in [6.07, 6.45) is 3.50. The molecule has 3 amide bonds. The molecule has 1 aliphatic rings. The normalized spacial score (nSPS) is 15.4. The molecule has 7 heteroatoms. The lowest BCUT2D eigenvalue weighted by Crippen LogP contribution is -2.37. The number of aryl methyl sites for hydroxylation is 2. The topological polar surface area (TPSA) is 71.4 Å². The van der Waals surface area contributed by atoms with Crippen LogP contribution in [0.1, 0.15) is 21.5 Å². The second kappa shape index (κ2) is 8.20. The number of para-hydroxylation sites is 1. The van der Waals surface area contributed by atoms with Crippen molar-refractivity contribution >= 4 is 45.8 Å². The Labute approximate surface area is 178 Å². The summed E-state index contributed by atoms with van der Waals surface area (Å²) in [6, 6.07) is 15.4. The minimum absolute atomic E-state index is 0.131. The maximum atomic E-state index is 12.6. The number of nitrogens with zero attached hydrogens (tertiary/aromatic N) is 2. The van der Waals surface area contributed by atoms with Crippen molar-refractivity contribution in [3.05, 3.63) is 76.3 Å². The largest absolute Gasteiger partial charge is 0.350 e. The predicted octanol–water partition coefficient (Wildman–Crippen LogP) is 3.95. The molecule has 4 rings (SSSR count). The second-order valence-corrected chi connectivity index (χ2v) is 8.16. The number of rotatable bonds is 5. The molecule has 0 atom stereocenters. The maximum Gasteiger partial charge on any atom is 0.293 e. The molecule has 2 aromatic carbocycles. The standard InChI is InChI=1S/C23H21N3O3S/c1-15-7-9-16(10-8-15)13-20-22(28)26(23(29)30-20)12-11-24-21(27)18-14-25(2)19-6-4-3-5-17(18)19/h3-10,13-14H,11-12H2,1-2H3,(H,24,27)/b20-13-. The minimum atomic E-state index is -0.329. The van der Waals surface area contributed by atoms with E-state index >= 15 is 0 Å². The molecule has 3 aromatic rings. The zero-order chi connectivity index (χ0) is 21.3. The Hall–Kier alpha value is -3.32. The highest BCUT2D eigenvalue weighted by atomic mass is 32.2. The van der Waals surface area contributed by atoms with Gasteiger partial charge in [0.15, 0.2) is 0 Å². The molecular weight excluding hydrogens is 398 g/mol. The van der Waals surface area contributed by atoms with E-state index in [4.69, 9.17) is 0 Å². The summed E-state index contributed by atoms with van der Waals surface area (Å²) >= 11 is 0.924. The van der Waals surface area contributed by atoms with Gasteiger partial charge in [-0.25, -0.2) is 0 Å². The van der Waals surface area contributed by atoms with Crippen LogP contribution in [0, 0.1) is 6.92 Å². The lowest BCUT2D eigenvalue weighted by atomic mass is 10.1. The Morgan fingerprint density at radius 2 is 1.83 bits per heavy atom. The molecule has 0 spiro atoms. The quantitative estimate of drug-likeness (QED) is 0.636. The third-order valence-corrected chi connectivity index (χ3v) is 5.92. The number of hydrogen-bond donors (Lipinski definition) is 1. The van der Waals surface area contributed by atoms with Crippen LogP contribution in [-0.4, -0.2) is 39.6 Å². The van der Waals surface area contributed by atoms with Crippen LogP contribution < -0.4 is 5.32 Å². The van der Waals surface area contributed by atoms with E-state index in [9.17, 15) is 14.4 Å². The van der Waals surface area contributed by atoms with Crippen LogP contribution in [-0.2, 0) is 11.8 Å². The average molecular weight is 420 g/mol. The van der Waals surface area contributed by atoms with Gasteiger partial charge in [0, 0.05) is 37.2 Å². The van der Waals surface area contributed by atoms with E-state index in [1.165, 1.54) is 4.90 Å². The summed E-state index contributed by atoms with van der Waals surface area (Å²) in [5.41, 5.74) is 3.54. The molecule has 1 aliphatic heterocycles. The van der Waals surface area contributed by atoms with Gasteiger partial charge < -0.3 is 9.88 Å². The monoisotopic (exact) mass is 419 g/mol. The van der Waals surface area contributed by atoms with Crippen molar-refractivity contribution in [2.45, 2.75) is 6.92 Å². The van der Waals surface area contributed by atoms with Gasteiger partial charge in [-0.15, -0.1) is 0 Å². The van der Waals surface area contributed by atoms with Crippen molar-refractivity contribution in [1.29, 1.82) is 0 Å². The van der Waals surface area contributed by atoms with E-state index in [0.717, 1.165) is 33.8 Å². The number of nitrogens with one attached hydrogen (secondary N) is 1. The number of aromatic nitrogens is 1. The Bertz CT molecular complexity index is 1180. The van der Waals surface area contributed by atoms with E-state index in [0.29, 0.717) is 10.5 Å². The number of benzene rings is 2. The summed E-state index contributed by atoms with van der Waals surface area (Å²) in [7, 11) is 1.89. The highest BCUT2D eigenvalue weighted by molar-refractivity contribution is 8.18. The van der Waals surface area contributed by atoms with Crippen molar-refractivity contribution in [2.24, 2.45) is 7.05 Å². The number of fused-ring (bicyclic) bond motifs is 1. The van der Waals surface area contributed by atoms with Gasteiger partial charge in [0.2, 0.25) is 0 Å². The first-order chi connectivity index (χ1) is 14.4. The van der Waals surface area contributed by atoms with Gasteiger partial charge in [-0.2, -0.15) is 0 Å². The fraction of sp³-hybridized carbons (Fsp3) is 0.174. The fourth-order valence-electron chi connectivity index (χ4n) is 3.41. The predicted molar refractivity (Wildman–Crippen MR) is 119 cm³/mol. The Kier molecular flexibility index (Phi) is 5.46. The molecule has 1 fully saturated rings. The summed E-state index contributed by atoms with van der Waals surface area (Å²) in [5, 5.41) is 3.36. The van der Waals surface area contributed by atoms with Crippen LogP contribution in [0.25, 0.3) is 17.0 Å². The highest BCUT2D eigenvalue weighted by Crippen LogP contribution is 2.32. The third kappa shape index (κ3) is 3.89. The number of thioether (sulfide) groups is 1. The SMILES string of the molecule is Cc1ccc(/C=C2\SC(=O)N(CCNC(=O)c3cn(C)c4ccccc34)C2=O)cc1. The zero-order valence-electron chi connectivity index (χ0n) is 16.7. The number of carbonyl (C=O) groups is 3. The van der Waals surface area contributed by atoms with Crippen LogP contribution >= 0.6 is 11.8 Å². The molecule has 0 radical (unpaired) electrons. The molecule has 1 N–H and O–H groups in total. The molecule has 152 valence electrons. The van der Waals surface area contributed by atoms with Crippen LogP contribution in [0.15, 0.2) is 59.6 Å². The Morgan fingerprint density at radius 3 is 2.60 bits per heavy atom. The van der Waals surface area contributed by atoms with E-state index < -0.39 is 0 Å². The molecule has 1 saturated heterocycles. The first kappa shape index (κ1) is 20.0. The summed E-state index contributed by atoms with van der Waals surface area (Å²) < 4.78 is 1.90. The average Bonchev–Trinajstić information content (AvgIpc) is 3.21. The van der Waals surface area contributed by atoms with Gasteiger partial charge in [-0.1, -0.05) is 48.0 Å². The first-order valence-electron chi connectivity index (χ1n) is 9.58. The highest BCUT2D eigenvalue weighted by Gasteiger charge is 2.34. The zero-order valence-corrected chi connectivity index (χ0v) is 17.5. The van der Waals surface area contributed by atoms with Crippen molar-refractivity contribution in [3.8, 4) is 0 Å². The number of amides is 3. The smallest absolute Gasteiger partial charge is 0.293 e.